The lowest BCUT2D eigenvalue weighted by Crippen LogP contribution is -2.06. The number of rotatable bonds is 4. The minimum Gasteiger partial charge on any atom is -0.487 e. The average molecular weight is 225 g/mol. The van der Waals surface area contributed by atoms with E-state index in [1.54, 1.807) is 0 Å². The first-order valence-electron chi connectivity index (χ1n) is 4.65. The Kier molecular flexibility index (Phi) is 2.81. The number of hydrogen-bond acceptors (Lipinski definition) is 4. The van der Waals surface area contributed by atoms with Crippen LogP contribution in [0.5, 0.6) is 5.75 Å². The van der Waals surface area contributed by atoms with Crippen LogP contribution < -0.4 is 4.74 Å². The minimum absolute atomic E-state index is 0.179. The first-order valence-corrected chi connectivity index (χ1v) is 5.87. The standard InChI is InChI=1S/C10H11NO3S/c1-15-9-8(14-6-2-3-6)7(10(12)13)4-5-11-9/h4-6H,2-3H2,1H3,(H,12,13). The Morgan fingerprint density at radius 3 is 2.93 bits per heavy atom. The number of thioether (sulfide) groups is 1. The molecule has 1 N–H and O–H groups in total. The van der Waals surface area contributed by atoms with Gasteiger partial charge < -0.3 is 9.84 Å². The van der Waals surface area contributed by atoms with Gasteiger partial charge in [0.15, 0.2) is 5.75 Å². The van der Waals surface area contributed by atoms with E-state index in [1.165, 1.54) is 24.0 Å². The molecule has 0 radical (unpaired) electrons. The van der Waals surface area contributed by atoms with E-state index >= 15 is 0 Å². The van der Waals surface area contributed by atoms with Crippen molar-refractivity contribution < 1.29 is 14.6 Å². The van der Waals surface area contributed by atoms with Gasteiger partial charge in [-0.2, -0.15) is 0 Å². The molecular weight excluding hydrogens is 214 g/mol. The van der Waals surface area contributed by atoms with E-state index in [0.717, 1.165) is 12.8 Å². The SMILES string of the molecule is CSc1nccc(C(=O)O)c1OC1CC1. The third-order valence-electron chi connectivity index (χ3n) is 2.10. The van der Waals surface area contributed by atoms with Gasteiger partial charge in [0.2, 0.25) is 0 Å². The molecule has 4 nitrogen and oxygen atoms in total. The molecule has 15 heavy (non-hydrogen) atoms. The first kappa shape index (κ1) is 10.3. The number of carboxylic acids is 1. The number of nitrogens with zero attached hydrogens (tertiary/aromatic N) is 1. The molecular formula is C10H11NO3S. The molecule has 1 aliphatic rings. The lowest BCUT2D eigenvalue weighted by Gasteiger charge is -2.10. The Morgan fingerprint density at radius 1 is 1.67 bits per heavy atom. The third kappa shape index (κ3) is 2.23. The van der Waals surface area contributed by atoms with Crippen LogP contribution in [-0.4, -0.2) is 28.4 Å². The molecule has 1 heterocycles. The van der Waals surface area contributed by atoms with Crippen LogP contribution in [-0.2, 0) is 0 Å². The molecule has 0 aliphatic heterocycles. The highest BCUT2D eigenvalue weighted by atomic mass is 32.2. The second-order valence-corrected chi connectivity index (χ2v) is 4.11. The van der Waals surface area contributed by atoms with Crippen LogP contribution in [0.3, 0.4) is 0 Å². The molecule has 1 aromatic rings. The van der Waals surface area contributed by atoms with Crippen molar-refractivity contribution in [1.82, 2.24) is 4.98 Å². The number of hydrogen-bond donors (Lipinski definition) is 1. The van der Waals surface area contributed by atoms with Gasteiger partial charge in [-0.3, -0.25) is 0 Å². The highest BCUT2D eigenvalue weighted by Crippen LogP contribution is 2.34. The Balaban J connectivity index is 2.38. The Bertz CT molecular complexity index is 390. The van der Waals surface area contributed by atoms with Crippen LogP contribution in [0.2, 0.25) is 0 Å². The fourth-order valence-electron chi connectivity index (χ4n) is 1.21. The van der Waals surface area contributed by atoms with Crippen LogP contribution in [0.4, 0.5) is 0 Å². The molecule has 0 unspecified atom stereocenters. The van der Waals surface area contributed by atoms with Crippen molar-refractivity contribution in [3.05, 3.63) is 17.8 Å². The maximum absolute atomic E-state index is 11.0. The summed E-state index contributed by atoms with van der Waals surface area (Å²) >= 11 is 1.40. The van der Waals surface area contributed by atoms with Crippen molar-refractivity contribution in [2.45, 2.75) is 24.0 Å². The maximum atomic E-state index is 11.0. The summed E-state index contributed by atoms with van der Waals surface area (Å²) in [5.74, 6) is -0.552. The molecule has 0 saturated heterocycles. The molecule has 2 rings (SSSR count). The monoisotopic (exact) mass is 225 g/mol. The summed E-state index contributed by atoms with van der Waals surface area (Å²) in [5, 5.41) is 9.64. The van der Waals surface area contributed by atoms with E-state index < -0.39 is 5.97 Å². The highest BCUT2D eigenvalue weighted by molar-refractivity contribution is 7.98. The van der Waals surface area contributed by atoms with Crippen molar-refractivity contribution >= 4 is 17.7 Å². The van der Waals surface area contributed by atoms with E-state index in [1.807, 2.05) is 6.26 Å². The Labute approximate surface area is 91.7 Å². The zero-order valence-corrected chi connectivity index (χ0v) is 9.08. The van der Waals surface area contributed by atoms with E-state index in [2.05, 4.69) is 4.98 Å². The molecule has 0 bridgehead atoms. The molecule has 80 valence electrons. The smallest absolute Gasteiger partial charge is 0.339 e. The zero-order chi connectivity index (χ0) is 10.8. The summed E-state index contributed by atoms with van der Waals surface area (Å²) < 4.78 is 5.58. The predicted octanol–water partition coefficient (Wildman–Crippen LogP) is 2.04. The number of carbonyl (C=O) groups is 1. The van der Waals surface area contributed by atoms with Crippen LogP contribution >= 0.6 is 11.8 Å². The molecule has 1 aromatic heterocycles. The number of ether oxygens (including phenoxy) is 1. The molecule has 0 atom stereocenters. The highest BCUT2D eigenvalue weighted by Gasteiger charge is 2.27. The average Bonchev–Trinajstić information content (AvgIpc) is 3.01. The van der Waals surface area contributed by atoms with E-state index in [-0.39, 0.29) is 11.7 Å². The van der Waals surface area contributed by atoms with Crippen molar-refractivity contribution in [3.63, 3.8) is 0 Å². The van der Waals surface area contributed by atoms with E-state index in [4.69, 9.17) is 9.84 Å². The van der Waals surface area contributed by atoms with Gasteiger partial charge in [0, 0.05) is 6.20 Å². The molecule has 1 fully saturated rings. The number of pyridine rings is 1. The molecule has 1 saturated carbocycles. The second kappa shape index (κ2) is 4.10. The third-order valence-corrected chi connectivity index (χ3v) is 2.78. The molecule has 5 heteroatoms. The van der Waals surface area contributed by atoms with Crippen molar-refractivity contribution in [1.29, 1.82) is 0 Å². The summed E-state index contributed by atoms with van der Waals surface area (Å²) in [5.41, 5.74) is 0.196. The first-order chi connectivity index (χ1) is 7.22. The van der Waals surface area contributed by atoms with Crippen molar-refractivity contribution in [3.8, 4) is 5.75 Å². The summed E-state index contributed by atoms with van der Waals surface area (Å²) in [7, 11) is 0. The Hall–Kier alpha value is -1.23. The Morgan fingerprint density at radius 2 is 2.40 bits per heavy atom. The summed E-state index contributed by atoms with van der Waals surface area (Å²) in [4.78, 5) is 15.1. The normalized spacial score (nSPS) is 15.0. The number of aromatic carboxylic acids is 1. The van der Waals surface area contributed by atoms with Crippen LogP contribution in [0, 0.1) is 0 Å². The van der Waals surface area contributed by atoms with Gasteiger partial charge in [-0.05, 0) is 25.2 Å². The van der Waals surface area contributed by atoms with Gasteiger partial charge in [0.1, 0.15) is 10.6 Å². The maximum Gasteiger partial charge on any atom is 0.339 e. The van der Waals surface area contributed by atoms with Crippen LogP contribution in [0.1, 0.15) is 23.2 Å². The fraction of sp³-hybridized carbons (Fsp3) is 0.400. The van der Waals surface area contributed by atoms with Gasteiger partial charge in [-0.15, -0.1) is 11.8 Å². The quantitative estimate of drug-likeness (QED) is 0.794. The van der Waals surface area contributed by atoms with E-state index in [0.29, 0.717) is 10.8 Å². The number of carboxylic acid groups (broad SMARTS) is 1. The van der Waals surface area contributed by atoms with E-state index in [9.17, 15) is 4.79 Å². The van der Waals surface area contributed by atoms with Gasteiger partial charge in [0.25, 0.3) is 0 Å². The van der Waals surface area contributed by atoms with Crippen molar-refractivity contribution in [2.75, 3.05) is 6.26 Å². The number of aromatic nitrogens is 1. The van der Waals surface area contributed by atoms with Gasteiger partial charge in [-0.25, -0.2) is 9.78 Å². The van der Waals surface area contributed by atoms with Crippen LogP contribution in [0.25, 0.3) is 0 Å². The summed E-state index contributed by atoms with van der Waals surface area (Å²) in [6, 6.07) is 1.47. The molecule has 0 aromatic carbocycles. The van der Waals surface area contributed by atoms with Crippen molar-refractivity contribution in [2.24, 2.45) is 0 Å². The summed E-state index contributed by atoms with van der Waals surface area (Å²) in [6.45, 7) is 0. The van der Waals surface area contributed by atoms with Gasteiger partial charge in [0.05, 0.1) is 6.10 Å². The molecule has 0 amide bonds. The topological polar surface area (TPSA) is 59.4 Å². The molecule has 0 spiro atoms. The fourth-order valence-corrected chi connectivity index (χ4v) is 1.72. The predicted molar refractivity (Wildman–Crippen MR) is 56.6 cm³/mol. The lowest BCUT2D eigenvalue weighted by molar-refractivity contribution is 0.0691. The minimum atomic E-state index is -0.969. The largest absolute Gasteiger partial charge is 0.487 e. The lowest BCUT2D eigenvalue weighted by atomic mass is 10.2. The molecule has 1 aliphatic carbocycles. The van der Waals surface area contributed by atoms with Gasteiger partial charge >= 0.3 is 5.97 Å². The summed E-state index contributed by atoms with van der Waals surface area (Å²) in [6.07, 6.45) is 5.53. The van der Waals surface area contributed by atoms with Gasteiger partial charge in [-0.1, -0.05) is 0 Å². The second-order valence-electron chi connectivity index (χ2n) is 3.32. The van der Waals surface area contributed by atoms with Crippen LogP contribution in [0.15, 0.2) is 17.3 Å². The zero-order valence-electron chi connectivity index (χ0n) is 8.27.